The van der Waals surface area contributed by atoms with Crippen molar-refractivity contribution in [2.24, 2.45) is 14.1 Å². The number of urea groups is 2. The third-order valence-corrected chi connectivity index (χ3v) is 11.4. The van der Waals surface area contributed by atoms with Crippen molar-refractivity contribution in [3.63, 3.8) is 0 Å². The monoisotopic (exact) mass is 912 g/mol. The van der Waals surface area contributed by atoms with E-state index in [9.17, 15) is 9.59 Å². The second-order valence-corrected chi connectivity index (χ2v) is 16.5. The molecule has 63 heavy (non-hydrogen) atoms. The highest BCUT2D eigenvalue weighted by atomic mass is 35.5. The number of amides is 4. The number of carbonyl (C=O) groups excluding carboxylic acids is 2. The number of carbonyl (C=O) groups is 2. The fraction of sp³-hybridized carbons (Fsp3) is 0.304. The van der Waals surface area contributed by atoms with Gasteiger partial charge in [0.25, 0.3) is 0 Å². The Kier molecular flexibility index (Phi) is 15.8. The number of hydrogen-bond acceptors (Lipinski definition) is 8. The van der Waals surface area contributed by atoms with Crippen LogP contribution in [0.2, 0.25) is 15.1 Å². The van der Waals surface area contributed by atoms with E-state index in [1.807, 2.05) is 50.5 Å². The van der Waals surface area contributed by atoms with Crippen LogP contribution in [0.5, 0.6) is 11.5 Å². The first-order chi connectivity index (χ1) is 30.6. The van der Waals surface area contributed by atoms with E-state index in [0.29, 0.717) is 56.8 Å². The van der Waals surface area contributed by atoms with Crippen LogP contribution in [-0.4, -0.2) is 93.9 Å². The smallest absolute Gasteiger partial charge is 0.323 e. The Morgan fingerprint density at radius 3 is 1.46 bits per heavy atom. The van der Waals surface area contributed by atoms with Crippen LogP contribution >= 0.6 is 34.8 Å². The highest BCUT2D eigenvalue weighted by Crippen LogP contribution is 2.37. The number of aryl methyl sites for hydroxylation is 2. The molecule has 2 fully saturated rings. The van der Waals surface area contributed by atoms with Crippen molar-refractivity contribution < 1.29 is 19.1 Å². The van der Waals surface area contributed by atoms with Crippen molar-refractivity contribution >= 4 is 69.6 Å². The molecule has 330 valence electrons. The van der Waals surface area contributed by atoms with Crippen LogP contribution in [0.3, 0.4) is 0 Å². The van der Waals surface area contributed by atoms with E-state index in [-0.39, 0.29) is 12.1 Å². The Balaban J connectivity index is 0.000000189. The van der Waals surface area contributed by atoms with E-state index < -0.39 is 0 Å². The van der Waals surface area contributed by atoms with Crippen molar-refractivity contribution in [2.75, 3.05) is 73.7 Å². The minimum Gasteiger partial charge on any atom is -0.492 e. The molecule has 2 aliphatic rings. The maximum Gasteiger partial charge on any atom is 0.323 e. The molecule has 14 nitrogen and oxygen atoms in total. The average molecular weight is 914 g/mol. The van der Waals surface area contributed by atoms with Crippen molar-refractivity contribution in [3.8, 4) is 34.0 Å². The van der Waals surface area contributed by atoms with Gasteiger partial charge in [0.05, 0.1) is 22.6 Å². The molecule has 4 heterocycles. The van der Waals surface area contributed by atoms with Gasteiger partial charge in [-0.1, -0.05) is 34.8 Å². The summed E-state index contributed by atoms with van der Waals surface area (Å²) in [4.78, 5) is 29.7. The van der Waals surface area contributed by atoms with E-state index in [1.54, 1.807) is 76.4 Å². The first-order valence-electron chi connectivity index (χ1n) is 20.9. The predicted molar refractivity (Wildman–Crippen MR) is 253 cm³/mol. The van der Waals surface area contributed by atoms with Crippen molar-refractivity contribution in [3.05, 3.63) is 118 Å². The van der Waals surface area contributed by atoms with Crippen LogP contribution in [0.25, 0.3) is 22.5 Å². The molecule has 0 spiro atoms. The molecule has 4 aromatic carbocycles. The van der Waals surface area contributed by atoms with Crippen LogP contribution in [0, 0.1) is 0 Å². The van der Waals surface area contributed by atoms with E-state index in [0.717, 1.165) is 67.5 Å². The minimum absolute atomic E-state index is 0.332. The first kappa shape index (κ1) is 45.3. The minimum atomic E-state index is -0.364. The number of benzene rings is 4. The van der Waals surface area contributed by atoms with E-state index >= 15 is 0 Å². The molecular weight excluding hydrogens is 863 g/mol. The third kappa shape index (κ3) is 12.9. The van der Waals surface area contributed by atoms with Crippen molar-refractivity contribution in [1.29, 1.82) is 0 Å². The van der Waals surface area contributed by atoms with Crippen LogP contribution in [-0.2, 0) is 14.1 Å². The molecule has 0 bridgehead atoms. The Morgan fingerprint density at radius 2 is 1.02 bits per heavy atom. The zero-order valence-corrected chi connectivity index (χ0v) is 37.5. The quantitative estimate of drug-likeness (QED) is 0.0846. The fourth-order valence-corrected chi connectivity index (χ4v) is 7.96. The largest absolute Gasteiger partial charge is 0.492 e. The summed E-state index contributed by atoms with van der Waals surface area (Å²) in [5.41, 5.74) is 5.86. The van der Waals surface area contributed by atoms with Gasteiger partial charge in [0.1, 0.15) is 24.7 Å². The van der Waals surface area contributed by atoms with E-state index in [1.165, 1.54) is 25.7 Å². The Hall–Kier alpha value is -5.77. The summed E-state index contributed by atoms with van der Waals surface area (Å²) < 4.78 is 15.7. The number of nitrogens with one attached hydrogen (secondary N) is 4. The summed E-state index contributed by atoms with van der Waals surface area (Å²) in [5, 5.41) is 21.6. The van der Waals surface area contributed by atoms with Crippen molar-refractivity contribution in [1.82, 2.24) is 29.4 Å². The van der Waals surface area contributed by atoms with E-state index in [4.69, 9.17) is 44.3 Å². The molecule has 2 aliphatic heterocycles. The Morgan fingerprint density at radius 1 is 0.571 bits per heavy atom. The molecule has 4 amide bonds. The second-order valence-electron chi connectivity index (χ2n) is 15.2. The first-order valence-corrected chi connectivity index (χ1v) is 22.0. The van der Waals surface area contributed by atoms with Gasteiger partial charge in [-0.2, -0.15) is 10.2 Å². The van der Waals surface area contributed by atoms with E-state index in [2.05, 4.69) is 41.3 Å². The van der Waals surface area contributed by atoms with Crippen LogP contribution in [0.1, 0.15) is 25.7 Å². The standard InChI is InChI=1S/C23H25Cl2N5O2.C23H26ClN5O2/c1-29-22(20(25)15-26-29)19-14-18(28-23(31)27-17-6-4-16(24)5-7-17)8-9-21(19)32-13-12-30-10-2-3-11-30;1-28-21(10-11-25-28)20-16-19(27-23(30)26-18-6-4-17(24)5-7-18)8-9-22(20)31-15-14-29-12-2-3-13-29/h4-9,14-15H,2-3,10-13H2,1H3,(H2,27,28,31);4-11,16H,2-3,12-15H2,1H3,(H2,26,27,30). The summed E-state index contributed by atoms with van der Waals surface area (Å²) in [7, 11) is 3.71. The fourth-order valence-electron chi connectivity index (χ4n) is 7.44. The zero-order valence-electron chi connectivity index (χ0n) is 35.3. The van der Waals surface area contributed by atoms with Gasteiger partial charge in [0, 0.05) is 77.3 Å². The molecule has 6 aromatic rings. The molecule has 2 aromatic heterocycles. The lowest BCUT2D eigenvalue weighted by Crippen LogP contribution is -2.25. The molecule has 0 aliphatic carbocycles. The maximum absolute atomic E-state index is 12.5. The topological polar surface area (TPSA) is 143 Å². The lowest BCUT2D eigenvalue weighted by Gasteiger charge is -2.18. The number of nitrogens with zero attached hydrogens (tertiary/aromatic N) is 6. The van der Waals surface area contributed by atoms with Gasteiger partial charge >= 0.3 is 12.1 Å². The van der Waals surface area contributed by atoms with Gasteiger partial charge in [-0.25, -0.2) is 9.59 Å². The van der Waals surface area contributed by atoms with Gasteiger partial charge in [0.15, 0.2) is 0 Å². The summed E-state index contributed by atoms with van der Waals surface area (Å²) in [5.74, 6) is 1.46. The second kappa shape index (κ2) is 22.0. The van der Waals surface area contributed by atoms with Gasteiger partial charge in [-0.05, 0) is 143 Å². The molecule has 0 radical (unpaired) electrons. The van der Waals surface area contributed by atoms with Gasteiger partial charge in [-0.15, -0.1) is 0 Å². The normalized spacial score (nSPS) is 13.9. The van der Waals surface area contributed by atoms with Crippen LogP contribution in [0.15, 0.2) is 103 Å². The van der Waals surface area contributed by atoms with Gasteiger partial charge < -0.3 is 30.7 Å². The maximum atomic E-state index is 12.5. The number of ether oxygens (including phenoxy) is 2. The highest BCUT2D eigenvalue weighted by molar-refractivity contribution is 6.33. The Bertz CT molecular complexity index is 2430. The number of halogens is 3. The Labute approximate surface area is 382 Å². The lowest BCUT2D eigenvalue weighted by molar-refractivity contribution is 0.238. The van der Waals surface area contributed by atoms with Gasteiger partial charge in [-0.3, -0.25) is 19.2 Å². The molecule has 0 saturated carbocycles. The van der Waals surface area contributed by atoms with Crippen LogP contribution in [0.4, 0.5) is 32.3 Å². The third-order valence-electron chi connectivity index (χ3n) is 10.7. The van der Waals surface area contributed by atoms with Crippen molar-refractivity contribution in [2.45, 2.75) is 25.7 Å². The summed E-state index contributed by atoms with van der Waals surface area (Å²) in [6.45, 7) is 7.51. The zero-order chi connectivity index (χ0) is 44.1. The average Bonchev–Trinajstić information content (AvgIpc) is 4.12. The molecule has 4 N–H and O–H groups in total. The van der Waals surface area contributed by atoms with Crippen LogP contribution < -0.4 is 30.7 Å². The number of anilines is 4. The summed E-state index contributed by atoms with van der Waals surface area (Å²) in [6, 6.07) is 26.2. The van der Waals surface area contributed by atoms with Gasteiger partial charge in [0.2, 0.25) is 0 Å². The highest BCUT2D eigenvalue weighted by Gasteiger charge is 2.19. The molecule has 2 saturated heterocycles. The molecular formula is C46H51Cl3N10O4. The summed E-state index contributed by atoms with van der Waals surface area (Å²) in [6.07, 6.45) is 8.36. The molecule has 0 unspecified atom stereocenters. The number of hydrogen-bond donors (Lipinski definition) is 4. The molecule has 8 rings (SSSR count). The number of rotatable bonds is 14. The SMILES string of the molecule is Cn1ncc(Cl)c1-c1cc(NC(=O)Nc2ccc(Cl)cc2)ccc1OCCN1CCCC1.Cn1nccc1-c1cc(NC(=O)Nc2ccc(Cl)cc2)ccc1OCCN1CCCC1. The number of aromatic nitrogens is 4. The predicted octanol–water partition coefficient (Wildman–Crippen LogP) is 10.4. The summed E-state index contributed by atoms with van der Waals surface area (Å²) >= 11 is 18.2. The lowest BCUT2D eigenvalue weighted by atomic mass is 10.1. The molecule has 17 heteroatoms. The molecule has 0 atom stereocenters. The number of likely N-dealkylation sites (tertiary alicyclic amines) is 2.